The molecule has 6 nitrogen and oxygen atoms in total. The Kier molecular flexibility index (Phi) is 4.92. The van der Waals surface area contributed by atoms with Crippen LogP contribution < -0.4 is 16.0 Å². The van der Waals surface area contributed by atoms with Gasteiger partial charge in [0.2, 0.25) is 0 Å². The van der Waals surface area contributed by atoms with Crippen LogP contribution >= 0.6 is 0 Å². The molecule has 0 fully saturated rings. The predicted octanol–water partition coefficient (Wildman–Crippen LogP) is 2.26. The van der Waals surface area contributed by atoms with Gasteiger partial charge >= 0.3 is 6.03 Å². The lowest BCUT2D eigenvalue weighted by Crippen LogP contribution is -2.28. The Morgan fingerprint density at radius 1 is 1.39 bits per heavy atom. The predicted molar refractivity (Wildman–Crippen MR) is 90.2 cm³/mol. The Morgan fingerprint density at radius 3 is 3.13 bits per heavy atom. The van der Waals surface area contributed by atoms with Crippen LogP contribution in [0.25, 0.3) is 0 Å². The second-order valence-electron chi connectivity index (χ2n) is 5.70. The highest BCUT2D eigenvalue weighted by Crippen LogP contribution is 2.15. The van der Waals surface area contributed by atoms with Crippen LogP contribution in [0.3, 0.4) is 0 Å². The molecule has 6 heteroatoms. The van der Waals surface area contributed by atoms with Crippen LogP contribution in [0.2, 0.25) is 0 Å². The average Bonchev–Trinajstić information content (AvgIpc) is 2.83. The van der Waals surface area contributed by atoms with Crippen LogP contribution in [0.4, 0.5) is 10.5 Å². The van der Waals surface area contributed by atoms with Gasteiger partial charge in [-0.15, -0.1) is 0 Å². The van der Waals surface area contributed by atoms with E-state index in [0.29, 0.717) is 6.54 Å². The number of aromatic nitrogens is 2. The maximum absolute atomic E-state index is 12.1. The highest BCUT2D eigenvalue weighted by molar-refractivity contribution is 5.90. The van der Waals surface area contributed by atoms with E-state index in [4.69, 9.17) is 0 Å². The van der Waals surface area contributed by atoms with E-state index in [0.717, 1.165) is 49.4 Å². The number of amides is 2. The third-order valence-electron chi connectivity index (χ3n) is 4.02. The van der Waals surface area contributed by atoms with Crippen molar-refractivity contribution in [3.63, 3.8) is 0 Å². The summed E-state index contributed by atoms with van der Waals surface area (Å²) in [5.41, 5.74) is 4.05. The highest BCUT2D eigenvalue weighted by Gasteiger charge is 2.11. The van der Waals surface area contributed by atoms with Crippen LogP contribution in [0.5, 0.6) is 0 Å². The number of fused-ring (bicyclic) bond motifs is 1. The summed E-state index contributed by atoms with van der Waals surface area (Å²) >= 11 is 0. The molecule has 122 valence electrons. The minimum absolute atomic E-state index is 0.202. The van der Waals surface area contributed by atoms with Crippen LogP contribution in [0.1, 0.15) is 30.3 Å². The first-order valence-electron chi connectivity index (χ1n) is 8.15. The van der Waals surface area contributed by atoms with Gasteiger partial charge in [0.1, 0.15) is 0 Å². The molecule has 2 heterocycles. The summed E-state index contributed by atoms with van der Waals surface area (Å²) in [5.74, 6) is 0. The molecule has 2 amide bonds. The van der Waals surface area contributed by atoms with Crippen molar-refractivity contribution in [1.29, 1.82) is 0 Å². The topological polar surface area (TPSA) is 71.0 Å². The van der Waals surface area contributed by atoms with Crippen molar-refractivity contribution in [1.82, 2.24) is 20.4 Å². The normalized spacial score (nSPS) is 14.0. The van der Waals surface area contributed by atoms with Crippen molar-refractivity contribution in [2.45, 2.75) is 39.4 Å². The Morgan fingerprint density at radius 2 is 2.26 bits per heavy atom. The fraction of sp³-hybridized carbons (Fsp3) is 0.412. The van der Waals surface area contributed by atoms with Gasteiger partial charge in [-0.1, -0.05) is 25.1 Å². The molecule has 0 spiro atoms. The van der Waals surface area contributed by atoms with E-state index in [9.17, 15) is 4.79 Å². The monoisotopic (exact) mass is 313 g/mol. The SMILES string of the molecule is CCc1ccccc1NC(=O)NCc1cc2n(n1)CCCNC2. The Balaban J connectivity index is 1.57. The smallest absolute Gasteiger partial charge is 0.319 e. The molecule has 0 saturated carbocycles. The zero-order chi connectivity index (χ0) is 16.1. The summed E-state index contributed by atoms with van der Waals surface area (Å²) in [6.07, 6.45) is 1.97. The number of hydrogen-bond acceptors (Lipinski definition) is 3. The number of nitrogens with one attached hydrogen (secondary N) is 3. The van der Waals surface area contributed by atoms with Gasteiger partial charge in [-0.05, 0) is 37.1 Å². The fourth-order valence-corrected chi connectivity index (χ4v) is 2.80. The van der Waals surface area contributed by atoms with Crippen molar-refractivity contribution in [3.8, 4) is 0 Å². The van der Waals surface area contributed by atoms with E-state index in [1.807, 2.05) is 28.9 Å². The quantitative estimate of drug-likeness (QED) is 0.811. The Labute approximate surface area is 136 Å². The van der Waals surface area contributed by atoms with Crippen molar-refractivity contribution in [2.24, 2.45) is 0 Å². The molecule has 0 atom stereocenters. The third kappa shape index (κ3) is 3.90. The Bertz CT molecular complexity index is 656. The second kappa shape index (κ2) is 7.28. The summed E-state index contributed by atoms with van der Waals surface area (Å²) in [6, 6.07) is 9.70. The molecule has 0 saturated heterocycles. The minimum atomic E-state index is -0.202. The lowest BCUT2D eigenvalue weighted by atomic mass is 10.1. The number of aryl methyl sites for hydroxylation is 2. The standard InChI is InChI=1S/C17H23N5O/c1-2-13-6-3-4-7-16(13)20-17(23)19-11-14-10-15-12-18-8-5-9-22(15)21-14/h3-4,6-7,10,18H,2,5,8-9,11-12H2,1H3,(H2,19,20,23). The summed E-state index contributed by atoms with van der Waals surface area (Å²) < 4.78 is 2.03. The van der Waals surface area contributed by atoms with E-state index in [2.05, 4.69) is 34.0 Å². The van der Waals surface area contributed by atoms with Crippen LogP contribution in [0, 0.1) is 0 Å². The zero-order valence-electron chi connectivity index (χ0n) is 13.4. The molecular formula is C17H23N5O. The van der Waals surface area contributed by atoms with E-state index in [1.54, 1.807) is 0 Å². The first-order valence-corrected chi connectivity index (χ1v) is 8.15. The number of para-hydroxylation sites is 1. The summed E-state index contributed by atoms with van der Waals surface area (Å²) in [7, 11) is 0. The summed E-state index contributed by atoms with van der Waals surface area (Å²) in [4.78, 5) is 12.1. The molecule has 0 radical (unpaired) electrons. The number of rotatable bonds is 4. The zero-order valence-corrected chi connectivity index (χ0v) is 13.4. The molecule has 23 heavy (non-hydrogen) atoms. The van der Waals surface area contributed by atoms with Crippen LogP contribution in [-0.2, 0) is 26.1 Å². The van der Waals surface area contributed by atoms with Gasteiger partial charge in [0, 0.05) is 18.8 Å². The lowest BCUT2D eigenvalue weighted by molar-refractivity contribution is 0.251. The molecule has 3 N–H and O–H groups in total. The van der Waals surface area contributed by atoms with E-state index >= 15 is 0 Å². The molecule has 2 aromatic rings. The molecule has 0 aliphatic carbocycles. The van der Waals surface area contributed by atoms with Crippen molar-refractivity contribution >= 4 is 11.7 Å². The van der Waals surface area contributed by atoms with Gasteiger partial charge in [0.05, 0.1) is 17.9 Å². The number of benzene rings is 1. The maximum atomic E-state index is 12.1. The molecule has 1 aromatic carbocycles. The van der Waals surface area contributed by atoms with E-state index in [-0.39, 0.29) is 6.03 Å². The molecule has 1 aliphatic heterocycles. The molecule has 1 aliphatic rings. The third-order valence-corrected chi connectivity index (χ3v) is 4.02. The largest absolute Gasteiger partial charge is 0.332 e. The second-order valence-corrected chi connectivity index (χ2v) is 5.70. The van der Waals surface area contributed by atoms with E-state index < -0.39 is 0 Å². The van der Waals surface area contributed by atoms with Crippen molar-refractivity contribution in [2.75, 3.05) is 11.9 Å². The number of hydrogen-bond donors (Lipinski definition) is 3. The van der Waals surface area contributed by atoms with Crippen molar-refractivity contribution in [3.05, 3.63) is 47.3 Å². The minimum Gasteiger partial charge on any atom is -0.332 e. The first kappa shape index (κ1) is 15.6. The molecule has 0 bridgehead atoms. The average molecular weight is 313 g/mol. The fourth-order valence-electron chi connectivity index (χ4n) is 2.80. The lowest BCUT2D eigenvalue weighted by Gasteiger charge is -2.10. The van der Waals surface area contributed by atoms with Gasteiger partial charge in [-0.2, -0.15) is 5.10 Å². The number of carbonyl (C=O) groups is 1. The molecule has 1 aromatic heterocycles. The summed E-state index contributed by atoms with van der Waals surface area (Å²) in [5, 5.41) is 13.7. The van der Waals surface area contributed by atoms with Gasteiger partial charge in [0.25, 0.3) is 0 Å². The van der Waals surface area contributed by atoms with Gasteiger partial charge in [-0.25, -0.2) is 4.79 Å². The van der Waals surface area contributed by atoms with E-state index in [1.165, 1.54) is 5.69 Å². The van der Waals surface area contributed by atoms with Gasteiger partial charge < -0.3 is 16.0 Å². The number of urea groups is 1. The molecular weight excluding hydrogens is 290 g/mol. The van der Waals surface area contributed by atoms with Crippen LogP contribution in [-0.4, -0.2) is 22.4 Å². The summed E-state index contributed by atoms with van der Waals surface area (Å²) in [6.45, 7) is 5.29. The van der Waals surface area contributed by atoms with Crippen LogP contribution in [0.15, 0.2) is 30.3 Å². The van der Waals surface area contributed by atoms with Gasteiger partial charge in [-0.3, -0.25) is 4.68 Å². The molecule has 3 rings (SSSR count). The van der Waals surface area contributed by atoms with Gasteiger partial charge in [0.15, 0.2) is 0 Å². The number of carbonyl (C=O) groups excluding carboxylic acids is 1. The molecule has 0 unspecified atom stereocenters. The van der Waals surface area contributed by atoms with Crippen molar-refractivity contribution < 1.29 is 4.79 Å². The number of nitrogens with zero attached hydrogens (tertiary/aromatic N) is 2. The highest BCUT2D eigenvalue weighted by atomic mass is 16.2. The Hall–Kier alpha value is -2.34. The number of anilines is 1. The first-order chi connectivity index (χ1) is 11.3. The maximum Gasteiger partial charge on any atom is 0.319 e.